The largest absolute Gasteiger partial charge is 0.494 e. The summed E-state index contributed by atoms with van der Waals surface area (Å²) in [4.78, 5) is 12.6. The molecular formula is C22H28N6O4S. The zero-order chi connectivity index (χ0) is 23.7. The van der Waals surface area contributed by atoms with Gasteiger partial charge in [-0.05, 0) is 50.6 Å². The maximum Gasteiger partial charge on any atom is 0.244 e. The van der Waals surface area contributed by atoms with Gasteiger partial charge in [-0.15, -0.1) is 0 Å². The Morgan fingerprint density at radius 3 is 2.39 bits per heavy atom. The normalized spacial score (nSPS) is 11.1. The van der Waals surface area contributed by atoms with Crippen LogP contribution in [0.25, 0.3) is 0 Å². The summed E-state index contributed by atoms with van der Waals surface area (Å²) in [5, 5.41) is 6.20. The number of aryl methyl sites for hydroxylation is 1. The molecule has 0 unspecified atom stereocenters. The number of aromatic nitrogens is 3. The lowest BCUT2D eigenvalue weighted by molar-refractivity contribution is 0.322. The van der Waals surface area contributed by atoms with Crippen molar-refractivity contribution in [3.05, 3.63) is 54.5 Å². The highest BCUT2D eigenvalue weighted by atomic mass is 32.2. The van der Waals surface area contributed by atoms with Gasteiger partial charge in [-0.3, -0.25) is 0 Å². The van der Waals surface area contributed by atoms with E-state index in [0.717, 1.165) is 5.56 Å². The minimum absolute atomic E-state index is 0.0366. The van der Waals surface area contributed by atoms with Crippen LogP contribution in [0.15, 0.2) is 53.8 Å². The third-order valence-corrected chi connectivity index (χ3v) is 5.86. The number of nitrogens with one attached hydrogen (secondary N) is 3. The van der Waals surface area contributed by atoms with Gasteiger partial charge in [-0.25, -0.2) is 28.1 Å². The van der Waals surface area contributed by atoms with Crippen LogP contribution in [0.5, 0.6) is 11.5 Å². The highest BCUT2D eigenvalue weighted by Crippen LogP contribution is 2.28. The molecule has 0 fully saturated rings. The van der Waals surface area contributed by atoms with E-state index in [0.29, 0.717) is 43.0 Å². The Morgan fingerprint density at radius 2 is 1.64 bits per heavy atom. The van der Waals surface area contributed by atoms with Crippen molar-refractivity contribution in [3.63, 3.8) is 0 Å². The van der Waals surface area contributed by atoms with Crippen molar-refractivity contribution in [2.45, 2.75) is 25.7 Å². The van der Waals surface area contributed by atoms with E-state index in [1.54, 1.807) is 31.3 Å². The Kier molecular flexibility index (Phi) is 8.39. The number of ether oxygens (including phenoxy) is 2. The van der Waals surface area contributed by atoms with E-state index in [1.165, 1.54) is 12.4 Å². The molecule has 3 N–H and O–H groups in total. The molecule has 0 atom stereocenters. The molecule has 0 radical (unpaired) electrons. The summed E-state index contributed by atoms with van der Waals surface area (Å²) in [6.07, 6.45) is 3.13. The number of rotatable bonds is 12. The second kappa shape index (κ2) is 11.4. The number of anilines is 3. The molecule has 0 aliphatic heterocycles. The average molecular weight is 473 g/mol. The lowest BCUT2D eigenvalue weighted by Crippen LogP contribution is -2.29. The summed E-state index contributed by atoms with van der Waals surface area (Å²) in [6, 6.07) is 10.3. The molecule has 0 amide bonds. The molecule has 176 valence electrons. The molecule has 2 aromatic heterocycles. The van der Waals surface area contributed by atoms with Crippen LogP contribution in [0, 0.1) is 6.92 Å². The van der Waals surface area contributed by atoms with E-state index in [1.807, 2.05) is 26.0 Å². The standard InChI is InChI=1S/C22H28N6O4S/c1-4-31-17-6-7-18(32-5-2)19(13-17)33(29,30)27-11-10-24-20-14-22(26-15-25-20)28-21-12-16(3)8-9-23-21/h6-9,12-15,27H,4-5,10-11H2,1-3H3,(H2,23,24,25,26,28). The van der Waals surface area contributed by atoms with E-state index in [-0.39, 0.29) is 17.2 Å². The van der Waals surface area contributed by atoms with Gasteiger partial charge in [0, 0.05) is 31.4 Å². The van der Waals surface area contributed by atoms with Gasteiger partial charge in [-0.2, -0.15) is 0 Å². The van der Waals surface area contributed by atoms with E-state index in [2.05, 4.69) is 30.3 Å². The third-order valence-electron chi connectivity index (χ3n) is 4.38. The molecule has 10 nitrogen and oxygen atoms in total. The molecule has 1 aromatic carbocycles. The van der Waals surface area contributed by atoms with Gasteiger partial charge in [0.15, 0.2) is 0 Å². The minimum Gasteiger partial charge on any atom is -0.494 e. The van der Waals surface area contributed by atoms with Crippen LogP contribution in [-0.2, 0) is 10.0 Å². The van der Waals surface area contributed by atoms with Crippen molar-refractivity contribution in [1.82, 2.24) is 19.7 Å². The zero-order valence-corrected chi connectivity index (χ0v) is 19.6. The summed E-state index contributed by atoms with van der Waals surface area (Å²) in [7, 11) is -3.81. The molecule has 0 aliphatic carbocycles. The Labute approximate surface area is 193 Å². The molecule has 0 saturated heterocycles. The van der Waals surface area contributed by atoms with Crippen LogP contribution >= 0.6 is 0 Å². The van der Waals surface area contributed by atoms with Gasteiger partial charge in [0.25, 0.3) is 0 Å². The molecule has 0 spiro atoms. The Morgan fingerprint density at radius 1 is 0.879 bits per heavy atom. The van der Waals surface area contributed by atoms with Gasteiger partial charge in [0.1, 0.15) is 40.2 Å². The Hall–Kier alpha value is -3.44. The quantitative estimate of drug-likeness (QED) is 0.341. The predicted octanol–water partition coefficient (Wildman–Crippen LogP) is 3.11. The van der Waals surface area contributed by atoms with Crippen LogP contribution in [0.2, 0.25) is 0 Å². The fraction of sp³-hybridized carbons (Fsp3) is 0.318. The molecule has 33 heavy (non-hydrogen) atoms. The highest BCUT2D eigenvalue weighted by molar-refractivity contribution is 7.89. The second-order valence-corrected chi connectivity index (χ2v) is 8.67. The van der Waals surface area contributed by atoms with Crippen LogP contribution < -0.4 is 24.8 Å². The second-order valence-electron chi connectivity index (χ2n) is 6.93. The van der Waals surface area contributed by atoms with Crippen LogP contribution in [0.4, 0.5) is 17.5 Å². The number of pyridine rings is 1. The molecule has 0 saturated carbocycles. The van der Waals surface area contributed by atoms with Crippen molar-refractivity contribution in [1.29, 1.82) is 0 Å². The molecular weight excluding hydrogens is 444 g/mol. The summed E-state index contributed by atoms with van der Waals surface area (Å²) in [5.74, 6) is 2.53. The number of hydrogen-bond donors (Lipinski definition) is 3. The lowest BCUT2D eigenvalue weighted by atomic mass is 10.3. The Balaban J connectivity index is 1.60. The van der Waals surface area contributed by atoms with Crippen molar-refractivity contribution in [2.24, 2.45) is 0 Å². The number of hydrogen-bond acceptors (Lipinski definition) is 9. The van der Waals surface area contributed by atoms with Gasteiger partial charge in [0.05, 0.1) is 13.2 Å². The maximum absolute atomic E-state index is 12.9. The highest BCUT2D eigenvalue weighted by Gasteiger charge is 2.20. The predicted molar refractivity (Wildman–Crippen MR) is 127 cm³/mol. The van der Waals surface area contributed by atoms with E-state index < -0.39 is 10.0 Å². The first-order valence-electron chi connectivity index (χ1n) is 10.6. The SMILES string of the molecule is CCOc1ccc(OCC)c(S(=O)(=O)NCCNc2cc(Nc3cc(C)ccn3)ncn2)c1. The fourth-order valence-electron chi connectivity index (χ4n) is 2.94. The van der Waals surface area contributed by atoms with Gasteiger partial charge >= 0.3 is 0 Å². The smallest absolute Gasteiger partial charge is 0.244 e. The third kappa shape index (κ3) is 7.02. The monoisotopic (exact) mass is 472 g/mol. The van der Waals surface area contributed by atoms with E-state index in [9.17, 15) is 8.42 Å². The van der Waals surface area contributed by atoms with Crippen molar-refractivity contribution in [3.8, 4) is 11.5 Å². The fourth-order valence-corrected chi connectivity index (χ4v) is 4.13. The Bertz CT molecular complexity index is 1170. The summed E-state index contributed by atoms with van der Waals surface area (Å²) >= 11 is 0. The number of benzene rings is 1. The minimum atomic E-state index is -3.81. The van der Waals surface area contributed by atoms with Crippen molar-refractivity contribution >= 4 is 27.5 Å². The molecule has 3 rings (SSSR count). The molecule has 0 aliphatic rings. The van der Waals surface area contributed by atoms with Gasteiger partial charge in [-0.1, -0.05) is 0 Å². The zero-order valence-electron chi connectivity index (χ0n) is 18.8. The molecule has 3 aromatic rings. The number of sulfonamides is 1. The number of nitrogens with zero attached hydrogens (tertiary/aromatic N) is 3. The van der Waals surface area contributed by atoms with Crippen LogP contribution in [-0.4, -0.2) is 49.7 Å². The lowest BCUT2D eigenvalue weighted by Gasteiger charge is -2.14. The summed E-state index contributed by atoms with van der Waals surface area (Å²) in [6.45, 7) is 6.84. The summed E-state index contributed by atoms with van der Waals surface area (Å²) < 4.78 is 39.2. The molecule has 2 heterocycles. The first-order valence-corrected chi connectivity index (χ1v) is 12.0. The summed E-state index contributed by atoms with van der Waals surface area (Å²) in [5.41, 5.74) is 1.08. The first kappa shape index (κ1) is 24.2. The first-order chi connectivity index (χ1) is 15.9. The van der Waals surface area contributed by atoms with Gasteiger partial charge in [0.2, 0.25) is 10.0 Å². The van der Waals surface area contributed by atoms with Crippen molar-refractivity contribution in [2.75, 3.05) is 36.9 Å². The van der Waals surface area contributed by atoms with Crippen molar-refractivity contribution < 1.29 is 17.9 Å². The van der Waals surface area contributed by atoms with Gasteiger partial charge < -0.3 is 20.1 Å². The van der Waals surface area contributed by atoms with E-state index in [4.69, 9.17) is 9.47 Å². The van der Waals surface area contributed by atoms with Crippen LogP contribution in [0.1, 0.15) is 19.4 Å². The molecule has 0 bridgehead atoms. The van der Waals surface area contributed by atoms with E-state index >= 15 is 0 Å². The maximum atomic E-state index is 12.9. The topological polar surface area (TPSA) is 127 Å². The van der Waals surface area contributed by atoms with Crippen LogP contribution in [0.3, 0.4) is 0 Å². The average Bonchev–Trinajstić information content (AvgIpc) is 2.78. The molecule has 11 heteroatoms.